The molecule has 2 amide bonds. The molecule has 0 atom stereocenters. The van der Waals surface area contributed by atoms with Crippen molar-refractivity contribution in [1.29, 1.82) is 5.26 Å². The van der Waals surface area contributed by atoms with Crippen LogP contribution in [0.1, 0.15) is 43.1 Å². The van der Waals surface area contributed by atoms with Crippen molar-refractivity contribution in [2.45, 2.75) is 13.0 Å². The van der Waals surface area contributed by atoms with Crippen molar-refractivity contribution in [3.8, 4) is 6.07 Å². The van der Waals surface area contributed by atoms with Gasteiger partial charge in [0.15, 0.2) is 0 Å². The van der Waals surface area contributed by atoms with E-state index in [-0.39, 0.29) is 18.0 Å². The Balaban J connectivity index is 1.37. The number of nitrogens with two attached hydrogens (primary N) is 1. The van der Waals surface area contributed by atoms with Gasteiger partial charge in [0.05, 0.1) is 16.6 Å². The number of carbonyl (C=O) groups excluding carboxylic acids is 2. The molecule has 0 unspecified atom stereocenters. The summed E-state index contributed by atoms with van der Waals surface area (Å²) in [5.41, 5.74) is 9.31. The fraction of sp³-hybridized carbons (Fsp3) is 0.0741. The van der Waals surface area contributed by atoms with Crippen LogP contribution in [0, 0.1) is 17.1 Å². The number of nitrogens with one attached hydrogen (secondary N) is 2. The normalized spacial score (nSPS) is 10.9. The van der Waals surface area contributed by atoms with Gasteiger partial charge in [0, 0.05) is 59.3 Å². The molecule has 0 saturated heterocycles. The molecular weight excluding hydrogens is 459 g/mol. The van der Waals surface area contributed by atoms with Gasteiger partial charge in [-0.15, -0.1) is 0 Å². The van der Waals surface area contributed by atoms with Gasteiger partial charge in [-0.2, -0.15) is 5.26 Å². The Morgan fingerprint density at radius 2 is 1.94 bits per heavy atom. The number of aromatic amines is 1. The van der Waals surface area contributed by atoms with E-state index in [1.807, 2.05) is 18.2 Å². The van der Waals surface area contributed by atoms with Crippen LogP contribution in [-0.4, -0.2) is 26.8 Å². The summed E-state index contributed by atoms with van der Waals surface area (Å²) in [5.74, 6) is -1.41. The van der Waals surface area contributed by atoms with Crippen LogP contribution in [0.2, 0.25) is 0 Å². The summed E-state index contributed by atoms with van der Waals surface area (Å²) in [4.78, 5) is 36.3. The number of halogens is 1. The van der Waals surface area contributed by atoms with Gasteiger partial charge in [0.2, 0.25) is 0 Å². The van der Waals surface area contributed by atoms with Gasteiger partial charge >= 0.3 is 0 Å². The summed E-state index contributed by atoms with van der Waals surface area (Å²) in [7, 11) is 0. The third-order valence-electron chi connectivity index (χ3n) is 5.86. The highest BCUT2D eigenvalue weighted by Gasteiger charge is 2.14. The number of fused-ring (bicyclic) bond motifs is 2. The van der Waals surface area contributed by atoms with Crippen molar-refractivity contribution in [1.82, 2.24) is 20.3 Å². The molecule has 0 bridgehead atoms. The maximum Gasteiger partial charge on any atom is 0.251 e. The number of primary amides is 1. The molecule has 5 rings (SSSR count). The molecule has 9 heteroatoms. The van der Waals surface area contributed by atoms with Crippen molar-refractivity contribution < 1.29 is 14.0 Å². The highest BCUT2D eigenvalue weighted by molar-refractivity contribution is 6.05. The van der Waals surface area contributed by atoms with Crippen LogP contribution >= 0.6 is 0 Å². The van der Waals surface area contributed by atoms with Crippen LogP contribution in [0.4, 0.5) is 4.39 Å². The number of H-pyrrole nitrogens is 1. The molecule has 176 valence electrons. The Hall–Kier alpha value is -5.10. The molecule has 0 spiro atoms. The number of aromatic nitrogens is 3. The number of nitriles is 1. The zero-order chi connectivity index (χ0) is 25.2. The molecule has 36 heavy (non-hydrogen) atoms. The zero-order valence-corrected chi connectivity index (χ0v) is 18.9. The van der Waals surface area contributed by atoms with Crippen LogP contribution in [0.15, 0.2) is 67.1 Å². The number of benzene rings is 2. The molecule has 4 N–H and O–H groups in total. The average molecular weight is 478 g/mol. The lowest BCUT2D eigenvalue weighted by Crippen LogP contribution is -2.23. The Morgan fingerprint density at radius 1 is 1.08 bits per heavy atom. The molecular formula is C27H19FN6O2. The maximum absolute atomic E-state index is 14.4. The van der Waals surface area contributed by atoms with E-state index in [0.29, 0.717) is 45.2 Å². The summed E-state index contributed by atoms with van der Waals surface area (Å²) in [6.45, 7) is 0.0321. The lowest BCUT2D eigenvalue weighted by molar-refractivity contribution is 0.0949. The van der Waals surface area contributed by atoms with Gasteiger partial charge in [-0.3, -0.25) is 19.6 Å². The smallest absolute Gasteiger partial charge is 0.251 e. The molecule has 0 radical (unpaired) electrons. The first kappa shape index (κ1) is 22.7. The largest absolute Gasteiger partial charge is 0.366 e. The number of hydrogen-bond acceptors (Lipinski definition) is 5. The summed E-state index contributed by atoms with van der Waals surface area (Å²) in [6.07, 6.45) is 4.95. The first-order chi connectivity index (χ1) is 17.4. The van der Waals surface area contributed by atoms with Gasteiger partial charge in [-0.25, -0.2) is 4.39 Å². The topological polar surface area (TPSA) is 138 Å². The van der Waals surface area contributed by atoms with Crippen molar-refractivity contribution in [3.63, 3.8) is 0 Å². The lowest BCUT2D eigenvalue weighted by atomic mass is 10.00. The third-order valence-corrected chi connectivity index (χ3v) is 5.86. The molecule has 0 aliphatic heterocycles. The van der Waals surface area contributed by atoms with E-state index in [1.54, 1.807) is 36.5 Å². The summed E-state index contributed by atoms with van der Waals surface area (Å²) >= 11 is 0. The SMILES string of the molecule is N#Cc1cnc2c(C(N)=O)cc(Cc3cc(C(=O)NCc4cc5cc[nH]c5cc4F)ccn3)cc2c1. The van der Waals surface area contributed by atoms with Gasteiger partial charge in [0.1, 0.15) is 11.9 Å². The molecule has 8 nitrogen and oxygen atoms in total. The minimum absolute atomic E-state index is 0.0321. The van der Waals surface area contributed by atoms with Gasteiger partial charge in [-0.1, -0.05) is 0 Å². The third kappa shape index (κ3) is 4.48. The van der Waals surface area contributed by atoms with Gasteiger partial charge < -0.3 is 16.0 Å². The Kier molecular flexibility index (Phi) is 5.84. The summed E-state index contributed by atoms with van der Waals surface area (Å²) in [5, 5.41) is 13.4. The Morgan fingerprint density at radius 3 is 2.75 bits per heavy atom. The molecule has 3 heterocycles. The fourth-order valence-electron chi connectivity index (χ4n) is 4.12. The minimum Gasteiger partial charge on any atom is -0.366 e. The van der Waals surface area contributed by atoms with Crippen molar-refractivity contribution in [2.24, 2.45) is 5.73 Å². The molecule has 3 aromatic heterocycles. The van der Waals surface area contributed by atoms with E-state index in [4.69, 9.17) is 5.73 Å². The van der Waals surface area contributed by atoms with Crippen LogP contribution in [0.5, 0.6) is 0 Å². The predicted octanol–water partition coefficient (Wildman–Crippen LogP) is 3.74. The standard InChI is InChI=1S/C27H19FN6O2/c28-23-11-24-17(1-4-32-24)9-20(23)14-34-27(36)18-2-3-31-21(10-18)7-15-5-19-6-16(12-29)13-33-25(19)22(8-15)26(30)35/h1-6,8-11,13,32H,7,14H2,(H2,30,35)(H,34,36). The Bertz CT molecular complexity index is 1700. The number of hydrogen-bond donors (Lipinski definition) is 3. The van der Waals surface area contributed by atoms with E-state index < -0.39 is 11.7 Å². The zero-order valence-electron chi connectivity index (χ0n) is 18.9. The van der Waals surface area contributed by atoms with E-state index in [0.717, 1.165) is 10.9 Å². The number of pyridine rings is 2. The minimum atomic E-state index is -0.634. The lowest BCUT2D eigenvalue weighted by Gasteiger charge is -2.10. The Labute approximate surface area is 204 Å². The van der Waals surface area contributed by atoms with Crippen molar-refractivity contribution in [2.75, 3.05) is 0 Å². The summed E-state index contributed by atoms with van der Waals surface area (Å²) in [6, 6.07) is 15.3. The van der Waals surface area contributed by atoms with E-state index >= 15 is 0 Å². The predicted molar refractivity (Wildman–Crippen MR) is 131 cm³/mol. The number of nitrogens with zero attached hydrogens (tertiary/aromatic N) is 3. The summed E-state index contributed by atoms with van der Waals surface area (Å²) < 4.78 is 14.4. The second-order valence-electron chi connectivity index (χ2n) is 8.32. The second-order valence-corrected chi connectivity index (χ2v) is 8.32. The second kappa shape index (κ2) is 9.27. The van der Waals surface area contributed by atoms with Gasteiger partial charge in [-0.05, 0) is 59.5 Å². The molecule has 0 saturated carbocycles. The first-order valence-corrected chi connectivity index (χ1v) is 11.0. The molecule has 5 aromatic rings. The first-order valence-electron chi connectivity index (χ1n) is 11.0. The van der Waals surface area contributed by atoms with Crippen LogP contribution in [0.25, 0.3) is 21.8 Å². The molecule has 0 aliphatic rings. The van der Waals surface area contributed by atoms with Crippen molar-refractivity contribution >= 4 is 33.6 Å². The van der Waals surface area contributed by atoms with Crippen LogP contribution in [-0.2, 0) is 13.0 Å². The maximum atomic E-state index is 14.4. The average Bonchev–Trinajstić information content (AvgIpc) is 3.33. The van der Waals surface area contributed by atoms with Crippen LogP contribution in [0.3, 0.4) is 0 Å². The highest BCUT2D eigenvalue weighted by Crippen LogP contribution is 2.22. The van der Waals surface area contributed by atoms with E-state index in [1.165, 1.54) is 18.5 Å². The van der Waals surface area contributed by atoms with Crippen molar-refractivity contribution in [3.05, 3.63) is 106 Å². The molecule has 0 fully saturated rings. The van der Waals surface area contributed by atoms with E-state index in [9.17, 15) is 19.2 Å². The molecule has 2 aromatic carbocycles. The monoisotopic (exact) mass is 478 g/mol. The number of rotatable bonds is 6. The number of carbonyl (C=O) groups is 2. The molecule has 0 aliphatic carbocycles. The van der Waals surface area contributed by atoms with E-state index in [2.05, 4.69) is 20.3 Å². The quantitative estimate of drug-likeness (QED) is 0.341. The number of amides is 2. The van der Waals surface area contributed by atoms with Crippen LogP contribution < -0.4 is 11.1 Å². The van der Waals surface area contributed by atoms with Gasteiger partial charge in [0.25, 0.3) is 11.8 Å². The highest BCUT2D eigenvalue weighted by atomic mass is 19.1. The fourth-order valence-corrected chi connectivity index (χ4v) is 4.12.